The maximum atomic E-state index is 12.7. The van der Waals surface area contributed by atoms with E-state index in [-0.39, 0.29) is 5.91 Å². The lowest BCUT2D eigenvalue weighted by Gasteiger charge is -2.41. The normalized spacial score (nSPS) is 16.9. The summed E-state index contributed by atoms with van der Waals surface area (Å²) in [5.41, 5.74) is 2.68. The van der Waals surface area contributed by atoms with E-state index in [1.54, 1.807) is 24.3 Å². The minimum absolute atomic E-state index is 0.348. The molecule has 3 rings (SSSR count). The molecule has 0 saturated heterocycles. The second-order valence-electron chi connectivity index (χ2n) is 5.37. The molecule has 8 heteroatoms. The molecular weight excluding hydrogens is 350 g/mol. The van der Waals surface area contributed by atoms with Crippen molar-refractivity contribution in [2.75, 3.05) is 5.01 Å². The third kappa shape index (κ3) is 3.46. The van der Waals surface area contributed by atoms with Gasteiger partial charge in [0.25, 0.3) is 11.8 Å². The first-order valence-corrected chi connectivity index (χ1v) is 8.60. The van der Waals surface area contributed by atoms with E-state index >= 15 is 0 Å². The predicted octanol–water partition coefficient (Wildman–Crippen LogP) is 1.89. The fraction of sp³-hybridized carbons (Fsp3) is 0.0556. The van der Waals surface area contributed by atoms with E-state index in [9.17, 15) is 9.59 Å². The van der Waals surface area contributed by atoms with Gasteiger partial charge in [0.15, 0.2) is 6.04 Å². The number of hydrogen-bond acceptors (Lipinski definition) is 5. The molecule has 4 N–H and O–H groups in total. The molecule has 0 saturated carbocycles. The van der Waals surface area contributed by atoms with Crippen LogP contribution in [0.5, 0.6) is 0 Å². The molecule has 2 amide bonds. The number of nitrogens with zero attached hydrogens (tertiary/aromatic N) is 2. The van der Waals surface area contributed by atoms with E-state index in [0.717, 1.165) is 11.2 Å². The number of nitrogens with one attached hydrogen (secondary N) is 2. The van der Waals surface area contributed by atoms with Gasteiger partial charge in [-0.25, -0.2) is 10.9 Å². The molecule has 0 radical (unpaired) electrons. The summed E-state index contributed by atoms with van der Waals surface area (Å²) in [6.07, 6.45) is 2.36. The predicted molar refractivity (Wildman–Crippen MR) is 101 cm³/mol. The van der Waals surface area contributed by atoms with Crippen molar-refractivity contribution >= 4 is 35.6 Å². The summed E-state index contributed by atoms with van der Waals surface area (Å²) >= 11 is 1.29. The molecule has 1 heterocycles. The molecule has 1 unspecified atom stereocenters. The number of hydrogen-bond donors (Lipinski definition) is 3. The lowest BCUT2D eigenvalue weighted by molar-refractivity contribution is -0.125. The number of thioether (sulfide) groups is 1. The third-order valence-corrected chi connectivity index (χ3v) is 4.83. The highest BCUT2D eigenvalue weighted by molar-refractivity contribution is 8.03. The molecule has 7 nitrogen and oxygen atoms in total. The van der Waals surface area contributed by atoms with Gasteiger partial charge in [-0.2, -0.15) is 0 Å². The van der Waals surface area contributed by atoms with E-state index in [4.69, 9.17) is 11.3 Å². The number of benzene rings is 2. The molecule has 26 heavy (non-hydrogen) atoms. The van der Waals surface area contributed by atoms with E-state index in [1.807, 2.05) is 36.4 Å². The van der Waals surface area contributed by atoms with Crippen LogP contribution < -0.4 is 16.3 Å². The first-order valence-electron chi connectivity index (χ1n) is 7.78. The van der Waals surface area contributed by atoms with Gasteiger partial charge in [0.2, 0.25) is 0 Å². The van der Waals surface area contributed by atoms with Crippen molar-refractivity contribution in [3.63, 3.8) is 0 Å². The van der Waals surface area contributed by atoms with Crippen molar-refractivity contribution in [2.24, 2.45) is 5.84 Å². The highest BCUT2D eigenvalue weighted by Crippen LogP contribution is 2.35. The van der Waals surface area contributed by atoms with Crippen molar-refractivity contribution in [2.45, 2.75) is 10.9 Å². The van der Waals surface area contributed by atoms with Gasteiger partial charge in [0, 0.05) is 15.9 Å². The van der Waals surface area contributed by atoms with Crippen LogP contribution in [0.4, 0.5) is 5.69 Å². The second-order valence-corrected chi connectivity index (χ2v) is 6.51. The van der Waals surface area contributed by atoms with Crippen LogP contribution in [0.2, 0.25) is 0 Å². The monoisotopic (exact) mass is 367 g/mol. The standard InChI is InChI=1S/C18H17N5O2S/c19-12-22-17(18(25)21-20)15(26-14-9-5-2-6-10-14)11-16(24)23(22)13-7-3-1-4-8-13/h1-12,17,19H,20H2,(H,21,25). The average molecular weight is 367 g/mol. The fourth-order valence-electron chi connectivity index (χ4n) is 2.62. The number of carbonyl (C=O) groups is 2. The summed E-state index contributed by atoms with van der Waals surface area (Å²) in [6, 6.07) is 17.3. The summed E-state index contributed by atoms with van der Waals surface area (Å²) in [5, 5.41) is 10.3. The number of anilines is 1. The fourth-order valence-corrected chi connectivity index (χ4v) is 3.67. The largest absolute Gasteiger partial charge is 0.292 e. The zero-order valence-electron chi connectivity index (χ0n) is 13.7. The van der Waals surface area contributed by atoms with Gasteiger partial charge < -0.3 is 0 Å². The quantitative estimate of drug-likeness (QED) is 0.246. The Morgan fingerprint density at radius 1 is 1.12 bits per heavy atom. The van der Waals surface area contributed by atoms with Crippen LogP contribution in [-0.2, 0) is 9.59 Å². The lowest BCUT2D eigenvalue weighted by Crippen LogP contribution is -2.60. The third-order valence-electron chi connectivity index (χ3n) is 3.74. The number of hydrazine groups is 2. The minimum Gasteiger partial charge on any atom is -0.292 e. The molecule has 1 aliphatic heterocycles. The molecule has 0 bridgehead atoms. The van der Waals surface area contributed by atoms with E-state index < -0.39 is 11.9 Å². The summed E-state index contributed by atoms with van der Waals surface area (Å²) in [6.45, 7) is 0. The minimum atomic E-state index is -0.930. The molecule has 1 atom stereocenters. The second kappa shape index (κ2) is 7.85. The van der Waals surface area contributed by atoms with Crippen molar-refractivity contribution in [3.8, 4) is 0 Å². The van der Waals surface area contributed by atoms with Gasteiger partial charge in [-0.3, -0.25) is 25.4 Å². The summed E-state index contributed by atoms with van der Waals surface area (Å²) in [5.74, 6) is 4.49. The Hall–Kier alpha value is -3.10. The Kier molecular flexibility index (Phi) is 5.35. The number of carbonyl (C=O) groups excluding carboxylic acids is 2. The Labute approximate surface area is 154 Å². The molecular formula is C18H17N5O2S. The Morgan fingerprint density at radius 3 is 2.31 bits per heavy atom. The van der Waals surface area contributed by atoms with Crippen LogP contribution in [0.3, 0.4) is 0 Å². The van der Waals surface area contributed by atoms with E-state index in [1.165, 1.54) is 27.9 Å². The SMILES string of the molecule is N=CN1C(C(=O)NN)C(Sc2ccccc2)=CC(=O)N1c1ccccc1. The number of amides is 2. The summed E-state index contributed by atoms with van der Waals surface area (Å²) < 4.78 is 0. The Morgan fingerprint density at radius 2 is 1.73 bits per heavy atom. The van der Waals surface area contributed by atoms with E-state index in [2.05, 4.69) is 5.43 Å². The summed E-state index contributed by atoms with van der Waals surface area (Å²) in [7, 11) is 0. The van der Waals surface area contributed by atoms with Gasteiger partial charge in [-0.15, -0.1) is 0 Å². The molecule has 0 aliphatic carbocycles. The lowest BCUT2D eigenvalue weighted by atomic mass is 10.2. The van der Waals surface area contributed by atoms with Crippen LogP contribution in [0, 0.1) is 5.41 Å². The highest BCUT2D eigenvalue weighted by Gasteiger charge is 2.39. The zero-order chi connectivity index (χ0) is 18.5. The Bertz CT molecular complexity index is 841. The maximum Gasteiger partial charge on any atom is 0.270 e. The summed E-state index contributed by atoms with van der Waals surface area (Å²) in [4.78, 5) is 26.6. The number of para-hydroxylation sites is 1. The molecule has 0 fully saturated rings. The molecule has 132 valence electrons. The first kappa shape index (κ1) is 17.7. The molecule has 1 aliphatic rings. The van der Waals surface area contributed by atoms with Crippen LogP contribution in [-0.4, -0.2) is 29.2 Å². The van der Waals surface area contributed by atoms with Crippen LogP contribution in [0.25, 0.3) is 0 Å². The van der Waals surface area contributed by atoms with Gasteiger partial charge in [-0.05, 0) is 24.3 Å². The van der Waals surface area contributed by atoms with Crippen LogP contribution in [0.15, 0.2) is 76.5 Å². The van der Waals surface area contributed by atoms with Gasteiger partial charge in [-0.1, -0.05) is 48.2 Å². The number of rotatable bonds is 5. The van der Waals surface area contributed by atoms with Crippen LogP contribution >= 0.6 is 11.8 Å². The molecule has 2 aromatic rings. The highest BCUT2D eigenvalue weighted by atomic mass is 32.2. The van der Waals surface area contributed by atoms with Gasteiger partial charge >= 0.3 is 0 Å². The first-order chi connectivity index (χ1) is 12.7. The Balaban J connectivity index is 2.04. The van der Waals surface area contributed by atoms with Crippen molar-refractivity contribution < 1.29 is 9.59 Å². The van der Waals surface area contributed by atoms with Gasteiger partial charge in [0.05, 0.1) is 5.69 Å². The van der Waals surface area contributed by atoms with E-state index in [0.29, 0.717) is 10.6 Å². The number of nitrogens with two attached hydrogens (primary N) is 1. The van der Waals surface area contributed by atoms with Crippen LogP contribution in [0.1, 0.15) is 0 Å². The van der Waals surface area contributed by atoms with Crippen molar-refractivity contribution in [1.29, 1.82) is 5.41 Å². The average Bonchev–Trinajstić information content (AvgIpc) is 2.68. The molecule has 0 spiro atoms. The smallest absolute Gasteiger partial charge is 0.270 e. The van der Waals surface area contributed by atoms with Gasteiger partial charge in [0.1, 0.15) is 6.34 Å². The zero-order valence-corrected chi connectivity index (χ0v) is 14.5. The molecule has 0 aromatic heterocycles. The molecule has 2 aromatic carbocycles. The topological polar surface area (TPSA) is 103 Å². The van der Waals surface area contributed by atoms with Crippen molar-refractivity contribution in [1.82, 2.24) is 10.4 Å². The maximum absolute atomic E-state index is 12.7. The van der Waals surface area contributed by atoms with Crippen molar-refractivity contribution in [3.05, 3.63) is 71.6 Å².